The molecule has 338 valence electrons. The van der Waals surface area contributed by atoms with Gasteiger partial charge in [0.1, 0.15) is 0 Å². The smallest absolute Gasteiger partial charge is 0.0663 e. The summed E-state index contributed by atoms with van der Waals surface area (Å²) in [6.45, 7) is -0.143. The van der Waals surface area contributed by atoms with E-state index in [-0.39, 0.29) is 13.4 Å². The minimum Gasteiger partial charge on any atom is -0.0663 e. The summed E-state index contributed by atoms with van der Waals surface area (Å²) >= 11 is 0. The van der Waals surface area contributed by atoms with Gasteiger partial charge in [-0.2, -0.15) is 0 Å². The van der Waals surface area contributed by atoms with Gasteiger partial charge in [0, 0.05) is 0 Å². The average molecular weight is 931 g/mol. The second-order valence-corrected chi connectivity index (χ2v) is 20.7. The Labute approximate surface area is 429 Å². The van der Waals surface area contributed by atoms with Crippen LogP contribution in [0.5, 0.6) is 0 Å². The molecule has 0 radical (unpaired) electrons. The van der Waals surface area contributed by atoms with Crippen LogP contribution in [-0.2, 0) is 0 Å². The highest BCUT2D eigenvalue weighted by atomic mass is 14.2. The SMILES string of the molecule is c1ccc2cc3c(B(c4cccc5cc6ccccc6cc45)c4ccc5ccc6c(B(c7cccc8cc9ccccc9cc78)c7cccc8cc9ccccc9cc78)ccc7ccc4c5c76)cccc3cc2c1. The number of hydrogen-bond donors (Lipinski definition) is 0. The standard InChI is InChI=1S/C72H44B2/c1-5-17-51-41-61-55(37-47(51)13-1)21-9-25-65(61)73(66-26-10-22-56-38-48-14-2-6-18-52(48)42-62(56)66)69-35-31-45-30-34-60-70(36-32-46-29-33-59(69)71(45)72(46)60)74(67-27-11-23-57-39-49-15-3-7-19-53(49)43-63(57)67)68-28-12-24-58-40-50-16-4-8-20-54(50)44-64(58)68/h1-44H. The van der Waals surface area contributed by atoms with Gasteiger partial charge in [0.05, 0.1) is 0 Å². The fourth-order valence-corrected chi connectivity index (χ4v) is 13.3. The van der Waals surface area contributed by atoms with E-state index >= 15 is 0 Å². The second kappa shape index (κ2) is 16.1. The summed E-state index contributed by atoms with van der Waals surface area (Å²) < 4.78 is 0. The molecule has 0 aliphatic rings. The van der Waals surface area contributed by atoms with Gasteiger partial charge in [-0.3, -0.25) is 0 Å². The van der Waals surface area contributed by atoms with Crippen molar-refractivity contribution in [2.75, 3.05) is 0 Å². The van der Waals surface area contributed by atoms with Crippen LogP contribution in [0.1, 0.15) is 0 Å². The first-order valence-corrected chi connectivity index (χ1v) is 26.0. The predicted molar refractivity (Wildman–Crippen MR) is 325 cm³/mol. The Morgan fingerprint density at radius 1 is 0.149 bits per heavy atom. The van der Waals surface area contributed by atoms with Crippen molar-refractivity contribution in [1.29, 1.82) is 0 Å². The maximum Gasteiger partial charge on any atom is 0.243 e. The van der Waals surface area contributed by atoms with E-state index in [1.54, 1.807) is 0 Å². The van der Waals surface area contributed by atoms with Gasteiger partial charge in [-0.1, -0.05) is 251 Å². The van der Waals surface area contributed by atoms with E-state index in [9.17, 15) is 0 Å². The Kier molecular flexibility index (Phi) is 9.03. The van der Waals surface area contributed by atoms with Crippen molar-refractivity contribution in [1.82, 2.24) is 0 Å². The lowest BCUT2D eigenvalue weighted by molar-refractivity contribution is 1.76. The van der Waals surface area contributed by atoms with Crippen LogP contribution in [0.15, 0.2) is 267 Å². The molecular formula is C72H44B2. The molecule has 0 aromatic heterocycles. The largest absolute Gasteiger partial charge is 0.243 e. The van der Waals surface area contributed by atoms with Crippen LogP contribution in [0.3, 0.4) is 0 Å². The van der Waals surface area contributed by atoms with Gasteiger partial charge in [-0.05, 0) is 167 Å². The number of hydrogen-bond acceptors (Lipinski definition) is 0. The Morgan fingerprint density at radius 2 is 0.378 bits per heavy atom. The molecule has 16 rings (SSSR count). The van der Waals surface area contributed by atoms with Crippen molar-refractivity contribution in [2.45, 2.75) is 0 Å². The summed E-state index contributed by atoms with van der Waals surface area (Å²) in [6.07, 6.45) is 0. The lowest BCUT2D eigenvalue weighted by Gasteiger charge is -2.25. The highest BCUT2D eigenvalue weighted by Crippen LogP contribution is 2.35. The topological polar surface area (TPSA) is 0 Å². The summed E-state index contributed by atoms with van der Waals surface area (Å²) in [4.78, 5) is 0. The molecule has 0 spiro atoms. The van der Waals surface area contributed by atoms with Gasteiger partial charge in [-0.25, -0.2) is 0 Å². The maximum absolute atomic E-state index is 2.44. The van der Waals surface area contributed by atoms with E-state index in [1.165, 1.54) is 151 Å². The molecule has 0 atom stereocenters. The molecule has 16 aromatic carbocycles. The molecule has 0 bridgehead atoms. The number of fused-ring (bicyclic) bond motifs is 8. The van der Waals surface area contributed by atoms with Gasteiger partial charge in [0.2, 0.25) is 13.4 Å². The minimum absolute atomic E-state index is 0.0717. The van der Waals surface area contributed by atoms with Crippen LogP contribution in [-0.4, -0.2) is 13.4 Å². The van der Waals surface area contributed by atoms with E-state index in [4.69, 9.17) is 0 Å². The lowest BCUT2D eigenvalue weighted by Crippen LogP contribution is -2.53. The van der Waals surface area contributed by atoms with Crippen molar-refractivity contribution < 1.29 is 0 Å². The second-order valence-electron chi connectivity index (χ2n) is 20.7. The van der Waals surface area contributed by atoms with Crippen LogP contribution < -0.4 is 32.8 Å². The van der Waals surface area contributed by atoms with Gasteiger partial charge < -0.3 is 0 Å². The van der Waals surface area contributed by atoms with Crippen LogP contribution >= 0.6 is 0 Å². The maximum atomic E-state index is 2.44. The van der Waals surface area contributed by atoms with Gasteiger partial charge in [0.25, 0.3) is 0 Å². The number of benzene rings is 16. The van der Waals surface area contributed by atoms with E-state index in [2.05, 4.69) is 267 Å². The van der Waals surface area contributed by atoms with Gasteiger partial charge >= 0.3 is 0 Å². The fourth-order valence-electron chi connectivity index (χ4n) is 13.3. The lowest BCUT2D eigenvalue weighted by atomic mass is 9.35. The first-order valence-electron chi connectivity index (χ1n) is 26.0. The third-order valence-corrected chi connectivity index (χ3v) is 16.7. The summed E-state index contributed by atoms with van der Waals surface area (Å²) in [7, 11) is 0. The van der Waals surface area contributed by atoms with Crippen LogP contribution in [0, 0.1) is 0 Å². The first kappa shape index (κ1) is 41.4. The molecule has 0 fully saturated rings. The Hall–Kier alpha value is -9.23. The van der Waals surface area contributed by atoms with Crippen LogP contribution in [0.4, 0.5) is 0 Å². The molecule has 0 saturated carbocycles. The van der Waals surface area contributed by atoms with Crippen molar-refractivity contribution in [3.8, 4) is 0 Å². The van der Waals surface area contributed by atoms with E-state index in [1.807, 2.05) is 0 Å². The highest BCUT2D eigenvalue weighted by Gasteiger charge is 2.31. The van der Waals surface area contributed by atoms with Crippen LogP contribution in [0.25, 0.3) is 118 Å². The summed E-state index contributed by atoms with van der Waals surface area (Å²) in [6, 6.07) is 102. The molecule has 16 aromatic rings. The Morgan fingerprint density at radius 3 is 0.662 bits per heavy atom. The summed E-state index contributed by atoms with van der Waals surface area (Å²) in [5, 5.41) is 28.0. The highest BCUT2D eigenvalue weighted by molar-refractivity contribution is 7.00. The number of rotatable bonds is 6. The molecule has 0 nitrogen and oxygen atoms in total. The summed E-state index contributed by atoms with van der Waals surface area (Å²) in [5.74, 6) is 0. The van der Waals surface area contributed by atoms with E-state index < -0.39 is 0 Å². The van der Waals surface area contributed by atoms with E-state index in [0.29, 0.717) is 0 Å². The zero-order chi connectivity index (χ0) is 48.4. The molecule has 0 saturated heterocycles. The van der Waals surface area contributed by atoms with Crippen molar-refractivity contribution in [3.05, 3.63) is 267 Å². The molecule has 0 aliphatic heterocycles. The predicted octanol–water partition coefficient (Wildman–Crippen LogP) is 14.8. The zero-order valence-electron chi connectivity index (χ0n) is 40.6. The fraction of sp³-hybridized carbons (Fsp3) is 0. The monoisotopic (exact) mass is 930 g/mol. The molecule has 2 heteroatoms. The molecule has 0 amide bonds. The van der Waals surface area contributed by atoms with Gasteiger partial charge in [-0.15, -0.1) is 0 Å². The van der Waals surface area contributed by atoms with E-state index in [0.717, 1.165) is 0 Å². The minimum atomic E-state index is -0.0717. The Bertz CT molecular complexity index is 4440. The molecular weight excluding hydrogens is 886 g/mol. The zero-order valence-corrected chi connectivity index (χ0v) is 40.6. The third-order valence-electron chi connectivity index (χ3n) is 16.7. The van der Waals surface area contributed by atoms with Crippen molar-refractivity contribution >= 4 is 165 Å². The van der Waals surface area contributed by atoms with Crippen LogP contribution in [0.2, 0.25) is 0 Å². The molecule has 0 heterocycles. The quantitative estimate of drug-likeness (QED) is 0.0885. The Balaban J connectivity index is 0.993. The van der Waals surface area contributed by atoms with Crippen molar-refractivity contribution in [3.63, 3.8) is 0 Å². The molecule has 0 unspecified atom stereocenters. The van der Waals surface area contributed by atoms with Crippen molar-refractivity contribution in [2.24, 2.45) is 0 Å². The third kappa shape index (κ3) is 6.31. The molecule has 74 heavy (non-hydrogen) atoms. The molecule has 0 N–H and O–H groups in total. The normalized spacial score (nSPS) is 12.1. The van der Waals surface area contributed by atoms with Gasteiger partial charge in [0.15, 0.2) is 0 Å². The first-order chi connectivity index (χ1) is 36.7. The summed E-state index contributed by atoms with van der Waals surface area (Å²) in [5.41, 5.74) is 7.90. The average Bonchev–Trinajstić information content (AvgIpc) is 3.45. The molecule has 0 aliphatic carbocycles.